The third-order valence-corrected chi connectivity index (χ3v) is 5.44. The van der Waals surface area contributed by atoms with Crippen LogP contribution in [0.4, 0.5) is 10.1 Å². The summed E-state index contributed by atoms with van der Waals surface area (Å²) in [6, 6.07) is 16.1. The summed E-state index contributed by atoms with van der Waals surface area (Å²) in [7, 11) is -4.18. The molecule has 28 heavy (non-hydrogen) atoms. The molecule has 3 rings (SSSR count). The minimum absolute atomic E-state index is 0.0647. The Morgan fingerprint density at radius 2 is 1.79 bits per heavy atom. The Kier molecular flexibility index (Phi) is 5.85. The Morgan fingerprint density at radius 3 is 2.46 bits per heavy atom. The van der Waals surface area contributed by atoms with E-state index >= 15 is 0 Å². The number of hydrazone groups is 1. The highest BCUT2D eigenvalue weighted by Crippen LogP contribution is 2.25. The van der Waals surface area contributed by atoms with E-state index in [0.29, 0.717) is 10.1 Å². The van der Waals surface area contributed by atoms with Crippen LogP contribution in [0.2, 0.25) is 0 Å². The summed E-state index contributed by atoms with van der Waals surface area (Å²) < 4.78 is 46.0. The van der Waals surface area contributed by atoms with Crippen LogP contribution in [-0.4, -0.2) is 27.1 Å². The Morgan fingerprint density at radius 1 is 1.07 bits per heavy atom. The number of furan rings is 1. The quantitative estimate of drug-likeness (QED) is 0.487. The van der Waals surface area contributed by atoms with Crippen molar-refractivity contribution in [2.45, 2.75) is 4.90 Å². The highest BCUT2D eigenvalue weighted by molar-refractivity contribution is 7.92. The van der Waals surface area contributed by atoms with Crippen LogP contribution < -0.4 is 9.73 Å². The van der Waals surface area contributed by atoms with Gasteiger partial charge in [-0.1, -0.05) is 30.3 Å². The lowest BCUT2D eigenvalue weighted by molar-refractivity contribution is -0.119. The normalized spacial score (nSPS) is 11.5. The zero-order valence-electron chi connectivity index (χ0n) is 14.5. The number of nitrogens with zero attached hydrogens (tertiary/aromatic N) is 2. The number of nitrogens with one attached hydrogen (secondary N) is 1. The van der Waals surface area contributed by atoms with Crippen molar-refractivity contribution in [3.05, 3.63) is 84.6 Å². The number of benzene rings is 2. The van der Waals surface area contributed by atoms with Gasteiger partial charge in [0.15, 0.2) is 0 Å². The molecule has 0 aliphatic rings. The third-order valence-electron chi connectivity index (χ3n) is 3.66. The number of hydrogen-bond donors (Lipinski definition) is 1. The second kappa shape index (κ2) is 8.49. The maximum absolute atomic E-state index is 14.3. The molecule has 0 bridgehead atoms. The van der Waals surface area contributed by atoms with Gasteiger partial charge in [0, 0.05) is 0 Å². The van der Waals surface area contributed by atoms with Gasteiger partial charge in [0.2, 0.25) is 0 Å². The Labute approximate surface area is 161 Å². The molecule has 2 aromatic carbocycles. The van der Waals surface area contributed by atoms with Crippen molar-refractivity contribution in [2.75, 3.05) is 10.8 Å². The van der Waals surface area contributed by atoms with Crippen LogP contribution in [0.25, 0.3) is 0 Å². The Bertz CT molecular complexity index is 1070. The molecular weight excluding hydrogens is 385 g/mol. The zero-order chi connectivity index (χ0) is 20.0. The van der Waals surface area contributed by atoms with Crippen LogP contribution in [0, 0.1) is 5.82 Å². The number of carbonyl (C=O) groups is 1. The Balaban J connectivity index is 1.87. The number of para-hydroxylation sites is 1. The van der Waals surface area contributed by atoms with Crippen LogP contribution in [-0.2, 0) is 14.8 Å². The molecule has 0 atom stereocenters. The summed E-state index contributed by atoms with van der Waals surface area (Å²) in [5, 5.41) is 3.70. The van der Waals surface area contributed by atoms with Crippen molar-refractivity contribution in [1.82, 2.24) is 5.43 Å². The lowest BCUT2D eigenvalue weighted by Gasteiger charge is -2.24. The summed E-state index contributed by atoms with van der Waals surface area (Å²) in [4.78, 5) is 12.2. The van der Waals surface area contributed by atoms with E-state index in [1.165, 1.54) is 42.8 Å². The second-order valence-electron chi connectivity index (χ2n) is 5.58. The van der Waals surface area contributed by atoms with Gasteiger partial charge in [-0.25, -0.2) is 18.2 Å². The molecule has 1 aromatic heterocycles. The molecule has 0 saturated carbocycles. The SMILES string of the molecule is O=C(CN(c1ccccc1F)S(=O)(=O)c1ccccc1)N/N=C\c1ccco1. The van der Waals surface area contributed by atoms with Gasteiger partial charge in [-0.3, -0.25) is 9.10 Å². The maximum Gasteiger partial charge on any atom is 0.264 e. The van der Waals surface area contributed by atoms with E-state index in [4.69, 9.17) is 4.42 Å². The summed E-state index contributed by atoms with van der Waals surface area (Å²) >= 11 is 0. The van der Waals surface area contributed by atoms with Crippen molar-refractivity contribution in [2.24, 2.45) is 5.10 Å². The van der Waals surface area contributed by atoms with Crippen molar-refractivity contribution in [1.29, 1.82) is 0 Å². The highest BCUT2D eigenvalue weighted by Gasteiger charge is 2.28. The summed E-state index contributed by atoms with van der Waals surface area (Å²) in [5.41, 5.74) is 1.97. The molecule has 1 N–H and O–H groups in total. The average Bonchev–Trinajstić information content (AvgIpc) is 3.21. The van der Waals surface area contributed by atoms with Crippen LogP contribution in [0.1, 0.15) is 5.76 Å². The topological polar surface area (TPSA) is 92.0 Å². The lowest BCUT2D eigenvalue weighted by Crippen LogP contribution is -2.40. The first kappa shape index (κ1) is 19.3. The molecule has 0 spiro atoms. The van der Waals surface area contributed by atoms with Gasteiger partial charge in [-0.05, 0) is 36.4 Å². The predicted octanol–water partition coefficient (Wildman–Crippen LogP) is 2.76. The van der Waals surface area contributed by atoms with E-state index in [9.17, 15) is 17.6 Å². The van der Waals surface area contributed by atoms with E-state index in [-0.39, 0.29) is 10.6 Å². The molecular formula is C19H16FN3O4S. The van der Waals surface area contributed by atoms with E-state index < -0.39 is 28.3 Å². The molecule has 0 fully saturated rings. The molecule has 0 aliphatic carbocycles. The molecule has 3 aromatic rings. The van der Waals surface area contributed by atoms with Gasteiger partial charge in [0.05, 0.1) is 23.1 Å². The first-order valence-electron chi connectivity index (χ1n) is 8.16. The van der Waals surface area contributed by atoms with Crippen molar-refractivity contribution < 1.29 is 22.0 Å². The van der Waals surface area contributed by atoms with Crippen molar-refractivity contribution in [3.63, 3.8) is 0 Å². The molecule has 9 heteroatoms. The van der Waals surface area contributed by atoms with Gasteiger partial charge in [-0.15, -0.1) is 0 Å². The van der Waals surface area contributed by atoms with Crippen LogP contribution in [0.3, 0.4) is 0 Å². The van der Waals surface area contributed by atoms with Gasteiger partial charge in [0.1, 0.15) is 18.1 Å². The fourth-order valence-electron chi connectivity index (χ4n) is 2.37. The zero-order valence-corrected chi connectivity index (χ0v) is 15.3. The summed E-state index contributed by atoms with van der Waals surface area (Å²) in [6.07, 6.45) is 2.70. The monoisotopic (exact) mass is 401 g/mol. The van der Waals surface area contributed by atoms with Gasteiger partial charge in [-0.2, -0.15) is 5.10 Å². The number of sulfonamides is 1. The minimum atomic E-state index is -4.18. The van der Waals surface area contributed by atoms with Crippen molar-refractivity contribution >= 4 is 27.8 Å². The minimum Gasteiger partial charge on any atom is -0.463 e. The van der Waals surface area contributed by atoms with E-state index in [0.717, 1.165) is 6.07 Å². The van der Waals surface area contributed by atoms with Gasteiger partial charge >= 0.3 is 0 Å². The van der Waals surface area contributed by atoms with Crippen LogP contribution in [0.5, 0.6) is 0 Å². The Hall–Kier alpha value is -3.46. The first-order valence-corrected chi connectivity index (χ1v) is 9.60. The maximum atomic E-state index is 14.3. The van der Waals surface area contributed by atoms with Crippen LogP contribution >= 0.6 is 0 Å². The third kappa shape index (κ3) is 4.44. The smallest absolute Gasteiger partial charge is 0.264 e. The number of amides is 1. The number of halogens is 1. The molecule has 0 unspecified atom stereocenters. The fraction of sp³-hybridized carbons (Fsp3) is 0.0526. The number of anilines is 1. The molecule has 0 aliphatic heterocycles. The second-order valence-corrected chi connectivity index (χ2v) is 7.45. The lowest BCUT2D eigenvalue weighted by atomic mass is 10.3. The summed E-state index contributed by atoms with van der Waals surface area (Å²) in [6.45, 7) is -0.659. The summed E-state index contributed by atoms with van der Waals surface area (Å²) in [5.74, 6) is -1.11. The van der Waals surface area contributed by atoms with Crippen LogP contribution in [0.15, 0.2) is 87.4 Å². The molecule has 0 saturated heterocycles. The standard InChI is InChI=1S/C19H16FN3O4S/c20-17-10-4-5-11-18(17)23(28(25,26)16-8-2-1-3-9-16)14-19(24)22-21-13-15-7-6-12-27-15/h1-13H,14H2,(H,22,24)/b21-13-. The van der Waals surface area contributed by atoms with E-state index in [1.54, 1.807) is 30.3 Å². The molecule has 1 heterocycles. The molecule has 144 valence electrons. The van der Waals surface area contributed by atoms with Gasteiger partial charge in [0.25, 0.3) is 15.9 Å². The number of rotatable bonds is 7. The molecule has 0 radical (unpaired) electrons. The number of carbonyl (C=O) groups excluding carboxylic acids is 1. The van der Waals surface area contributed by atoms with Crippen molar-refractivity contribution in [3.8, 4) is 0 Å². The molecule has 7 nitrogen and oxygen atoms in total. The highest BCUT2D eigenvalue weighted by atomic mass is 32.2. The van der Waals surface area contributed by atoms with E-state index in [1.807, 2.05) is 0 Å². The van der Waals surface area contributed by atoms with Gasteiger partial charge < -0.3 is 4.42 Å². The van der Waals surface area contributed by atoms with E-state index in [2.05, 4.69) is 10.5 Å². The predicted molar refractivity (Wildman–Crippen MR) is 102 cm³/mol. The first-order chi connectivity index (χ1) is 13.5. The average molecular weight is 401 g/mol. The fourth-order valence-corrected chi connectivity index (χ4v) is 3.82. The number of hydrogen-bond acceptors (Lipinski definition) is 5. The largest absolute Gasteiger partial charge is 0.463 e. The molecule has 1 amide bonds.